The van der Waals surface area contributed by atoms with Crippen molar-refractivity contribution in [2.75, 3.05) is 18.1 Å². The molecule has 5 heteroatoms. The fourth-order valence-corrected chi connectivity index (χ4v) is 4.18. The molecule has 2 aromatic carbocycles. The first-order valence-corrected chi connectivity index (χ1v) is 8.03. The van der Waals surface area contributed by atoms with Crippen LogP contribution in [0.15, 0.2) is 30.3 Å². The SMILES string of the molecule is Fc1ccc2c(c1F)CN1CCOc3cccc(c31)C2I. The van der Waals surface area contributed by atoms with Gasteiger partial charge in [-0.15, -0.1) is 0 Å². The standard InChI is InChI=1S/C16H12F2INO/c17-12-5-4-9-11(14(12)18)8-20-6-7-21-13-3-1-2-10(15(9)19)16(13)20/h1-5,15H,6-8H2. The lowest BCUT2D eigenvalue weighted by atomic mass is 10.00. The van der Waals surface area contributed by atoms with Crippen LogP contribution in [0.4, 0.5) is 14.5 Å². The van der Waals surface area contributed by atoms with Gasteiger partial charge < -0.3 is 9.64 Å². The van der Waals surface area contributed by atoms with Crippen molar-refractivity contribution in [2.24, 2.45) is 0 Å². The second-order valence-corrected chi connectivity index (χ2v) is 6.50. The highest BCUT2D eigenvalue weighted by Crippen LogP contribution is 2.47. The predicted octanol–water partition coefficient (Wildman–Crippen LogP) is 4.20. The van der Waals surface area contributed by atoms with Crippen molar-refractivity contribution in [2.45, 2.75) is 10.5 Å². The van der Waals surface area contributed by atoms with E-state index in [2.05, 4.69) is 27.5 Å². The van der Waals surface area contributed by atoms with Crippen LogP contribution in [0.1, 0.15) is 20.6 Å². The molecule has 0 N–H and O–H groups in total. The molecule has 2 aliphatic rings. The first-order chi connectivity index (χ1) is 10.2. The Morgan fingerprint density at radius 3 is 2.86 bits per heavy atom. The number of halogens is 3. The number of hydrogen-bond acceptors (Lipinski definition) is 2. The van der Waals surface area contributed by atoms with Crippen LogP contribution >= 0.6 is 22.6 Å². The first-order valence-electron chi connectivity index (χ1n) is 6.78. The summed E-state index contributed by atoms with van der Waals surface area (Å²) in [6.07, 6.45) is 0. The third-order valence-electron chi connectivity index (χ3n) is 4.09. The number of para-hydroxylation sites is 1. The molecule has 0 spiro atoms. The van der Waals surface area contributed by atoms with Crippen molar-refractivity contribution in [1.82, 2.24) is 0 Å². The van der Waals surface area contributed by atoms with Crippen molar-refractivity contribution in [3.05, 3.63) is 58.7 Å². The summed E-state index contributed by atoms with van der Waals surface area (Å²) in [6, 6.07) is 8.84. The molecule has 0 saturated heterocycles. The minimum absolute atomic E-state index is 0.0191. The molecule has 2 heterocycles. The highest BCUT2D eigenvalue weighted by Gasteiger charge is 2.32. The predicted molar refractivity (Wildman–Crippen MR) is 85.2 cm³/mol. The Kier molecular flexibility index (Phi) is 3.06. The van der Waals surface area contributed by atoms with Crippen molar-refractivity contribution in [1.29, 1.82) is 0 Å². The number of ether oxygens (including phenoxy) is 1. The number of benzene rings is 2. The lowest BCUT2D eigenvalue weighted by Gasteiger charge is -2.32. The van der Waals surface area contributed by atoms with Gasteiger partial charge in [0.15, 0.2) is 11.6 Å². The third kappa shape index (κ3) is 1.93. The van der Waals surface area contributed by atoms with Crippen LogP contribution in [-0.2, 0) is 6.54 Å². The molecule has 1 unspecified atom stereocenters. The summed E-state index contributed by atoms with van der Waals surface area (Å²) in [5.41, 5.74) is 3.41. The molecule has 0 fully saturated rings. The number of alkyl halides is 1. The van der Waals surface area contributed by atoms with E-state index in [1.807, 2.05) is 18.2 Å². The van der Waals surface area contributed by atoms with Gasteiger partial charge in [0.05, 0.1) is 16.2 Å². The maximum atomic E-state index is 14.3. The average Bonchev–Trinajstić information content (AvgIpc) is 2.62. The summed E-state index contributed by atoms with van der Waals surface area (Å²) in [4.78, 5) is 2.09. The van der Waals surface area contributed by atoms with E-state index in [-0.39, 0.29) is 3.92 Å². The van der Waals surface area contributed by atoms with E-state index in [4.69, 9.17) is 4.74 Å². The number of anilines is 1. The molecule has 2 aliphatic heterocycles. The van der Waals surface area contributed by atoms with Crippen molar-refractivity contribution in [3.8, 4) is 5.75 Å². The summed E-state index contributed by atoms with van der Waals surface area (Å²) in [6.45, 7) is 1.63. The second kappa shape index (κ2) is 4.83. The maximum absolute atomic E-state index is 14.3. The van der Waals surface area contributed by atoms with Gasteiger partial charge in [0.1, 0.15) is 12.4 Å². The second-order valence-electron chi connectivity index (χ2n) is 5.26. The van der Waals surface area contributed by atoms with Crippen LogP contribution in [0, 0.1) is 11.6 Å². The summed E-state index contributed by atoms with van der Waals surface area (Å²) in [5.74, 6) is -0.680. The van der Waals surface area contributed by atoms with Gasteiger partial charge >= 0.3 is 0 Å². The Morgan fingerprint density at radius 2 is 2.00 bits per heavy atom. The zero-order chi connectivity index (χ0) is 14.6. The smallest absolute Gasteiger partial charge is 0.164 e. The highest BCUT2D eigenvalue weighted by molar-refractivity contribution is 14.1. The first kappa shape index (κ1) is 13.3. The molecular formula is C16H12F2INO. The number of rotatable bonds is 0. The minimum Gasteiger partial charge on any atom is -0.490 e. The Morgan fingerprint density at radius 1 is 1.14 bits per heavy atom. The van der Waals surface area contributed by atoms with E-state index in [0.717, 1.165) is 22.6 Å². The number of hydrogen-bond donors (Lipinski definition) is 0. The van der Waals surface area contributed by atoms with E-state index < -0.39 is 11.6 Å². The normalized spacial score (nSPS) is 19.4. The van der Waals surface area contributed by atoms with Crippen molar-refractivity contribution < 1.29 is 13.5 Å². The fraction of sp³-hybridized carbons (Fsp3) is 0.250. The van der Waals surface area contributed by atoms with Gasteiger partial charge in [0.25, 0.3) is 0 Å². The van der Waals surface area contributed by atoms with E-state index in [0.29, 0.717) is 25.3 Å². The molecule has 108 valence electrons. The molecule has 0 amide bonds. The Labute approximate surface area is 134 Å². The van der Waals surface area contributed by atoms with Crippen molar-refractivity contribution >= 4 is 28.3 Å². The van der Waals surface area contributed by atoms with E-state index in [1.165, 1.54) is 6.07 Å². The average molecular weight is 399 g/mol. The largest absolute Gasteiger partial charge is 0.490 e. The molecule has 0 saturated carbocycles. The highest BCUT2D eigenvalue weighted by atomic mass is 127. The van der Waals surface area contributed by atoms with Crippen LogP contribution < -0.4 is 9.64 Å². The van der Waals surface area contributed by atoms with Gasteiger partial charge in [0, 0.05) is 12.1 Å². The minimum atomic E-state index is -0.781. The zero-order valence-corrected chi connectivity index (χ0v) is 13.2. The monoisotopic (exact) mass is 399 g/mol. The molecule has 0 bridgehead atoms. The fourth-order valence-electron chi connectivity index (χ4n) is 3.10. The lowest BCUT2D eigenvalue weighted by molar-refractivity contribution is 0.306. The van der Waals surface area contributed by atoms with Crippen LogP contribution in [0.2, 0.25) is 0 Å². The van der Waals surface area contributed by atoms with Gasteiger partial charge in [-0.05, 0) is 23.3 Å². The Bertz CT molecular complexity index is 734. The van der Waals surface area contributed by atoms with Crippen LogP contribution in [0.5, 0.6) is 5.75 Å². The molecule has 21 heavy (non-hydrogen) atoms. The number of nitrogens with zero attached hydrogens (tertiary/aromatic N) is 1. The van der Waals surface area contributed by atoms with Gasteiger partial charge in [-0.25, -0.2) is 8.78 Å². The zero-order valence-electron chi connectivity index (χ0n) is 11.1. The van der Waals surface area contributed by atoms with E-state index in [9.17, 15) is 8.78 Å². The topological polar surface area (TPSA) is 12.5 Å². The van der Waals surface area contributed by atoms with E-state index >= 15 is 0 Å². The molecular weight excluding hydrogens is 387 g/mol. The van der Waals surface area contributed by atoms with Gasteiger partial charge in [-0.3, -0.25) is 0 Å². The molecule has 0 aliphatic carbocycles. The van der Waals surface area contributed by atoms with Gasteiger partial charge in [-0.2, -0.15) is 0 Å². The summed E-state index contributed by atoms with van der Waals surface area (Å²) in [7, 11) is 0. The Balaban J connectivity index is 1.99. The summed E-state index contributed by atoms with van der Waals surface area (Å²) >= 11 is 2.29. The third-order valence-corrected chi connectivity index (χ3v) is 5.43. The molecule has 0 aromatic heterocycles. The summed E-state index contributed by atoms with van der Waals surface area (Å²) in [5, 5.41) is 0. The molecule has 2 nitrogen and oxygen atoms in total. The molecule has 1 atom stereocenters. The van der Waals surface area contributed by atoms with Gasteiger partial charge in [0.2, 0.25) is 0 Å². The van der Waals surface area contributed by atoms with E-state index in [1.54, 1.807) is 6.07 Å². The van der Waals surface area contributed by atoms with Crippen LogP contribution in [0.3, 0.4) is 0 Å². The quantitative estimate of drug-likeness (QED) is 0.487. The lowest BCUT2D eigenvalue weighted by Crippen LogP contribution is -2.32. The van der Waals surface area contributed by atoms with Crippen LogP contribution in [-0.4, -0.2) is 13.2 Å². The molecule has 0 radical (unpaired) electrons. The van der Waals surface area contributed by atoms with Crippen LogP contribution in [0.25, 0.3) is 0 Å². The van der Waals surface area contributed by atoms with Crippen molar-refractivity contribution in [3.63, 3.8) is 0 Å². The van der Waals surface area contributed by atoms with Gasteiger partial charge in [-0.1, -0.05) is 40.8 Å². The molecule has 4 rings (SSSR count). The molecule has 2 aromatic rings. The Hall–Kier alpha value is -1.37. The number of fused-ring (bicyclic) bond motifs is 1. The maximum Gasteiger partial charge on any atom is 0.164 e. The summed E-state index contributed by atoms with van der Waals surface area (Å²) < 4.78 is 33.5.